The number of amides is 1. The minimum Gasteiger partial charge on any atom is -0.453 e. The maximum absolute atomic E-state index is 11.2. The van der Waals surface area contributed by atoms with Crippen molar-refractivity contribution in [2.75, 3.05) is 26.9 Å². The summed E-state index contributed by atoms with van der Waals surface area (Å²) in [5, 5.41) is 11.3. The van der Waals surface area contributed by atoms with Gasteiger partial charge in [0.15, 0.2) is 0 Å². The van der Waals surface area contributed by atoms with Gasteiger partial charge in [-0.05, 0) is 51.5 Å². The molecule has 2 heterocycles. The first-order valence-electron chi connectivity index (χ1n) is 9.41. The number of hydrogen-bond acceptors (Lipinski definition) is 5. The van der Waals surface area contributed by atoms with Crippen LogP contribution in [0.25, 0.3) is 0 Å². The van der Waals surface area contributed by atoms with Crippen LogP contribution in [-0.4, -0.2) is 48.8 Å². The Hall–Kier alpha value is -1.60. The average Bonchev–Trinajstić information content (AvgIpc) is 3.35. The van der Waals surface area contributed by atoms with E-state index in [1.807, 2.05) is 0 Å². The van der Waals surface area contributed by atoms with Gasteiger partial charge in [-0.3, -0.25) is 4.68 Å². The Labute approximate surface area is 149 Å². The van der Waals surface area contributed by atoms with Gasteiger partial charge in [-0.1, -0.05) is 0 Å². The highest BCUT2D eigenvalue weighted by atomic mass is 16.5. The smallest absolute Gasteiger partial charge is 0.406 e. The van der Waals surface area contributed by atoms with Crippen LogP contribution < -0.4 is 10.6 Å². The number of ether oxygens (including phenoxy) is 2. The molecular formula is C18H30N4O3. The lowest BCUT2D eigenvalue weighted by Gasteiger charge is -2.24. The first kappa shape index (κ1) is 18.2. The Bertz CT molecular complexity index is 565. The molecule has 1 aliphatic heterocycles. The van der Waals surface area contributed by atoms with Crippen molar-refractivity contribution in [3.63, 3.8) is 0 Å². The number of carbonyl (C=O) groups is 1. The van der Waals surface area contributed by atoms with Gasteiger partial charge in [0.05, 0.1) is 18.8 Å². The minimum absolute atomic E-state index is 0.278. The zero-order valence-corrected chi connectivity index (χ0v) is 15.3. The number of aromatic nitrogens is 2. The Morgan fingerprint density at radius 3 is 2.84 bits per heavy atom. The summed E-state index contributed by atoms with van der Waals surface area (Å²) in [6.07, 6.45) is 5.96. The lowest BCUT2D eigenvalue weighted by Crippen LogP contribution is -2.25. The van der Waals surface area contributed by atoms with E-state index in [2.05, 4.69) is 33.0 Å². The number of rotatable bonds is 8. The topological polar surface area (TPSA) is 77.4 Å². The van der Waals surface area contributed by atoms with E-state index < -0.39 is 0 Å². The van der Waals surface area contributed by atoms with Gasteiger partial charge >= 0.3 is 6.09 Å². The molecular weight excluding hydrogens is 320 g/mol. The maximum atomic E-state index is 11.2. The van der Waals surface area contributed by atoms with Crippen molar-refractivity contribution in [2.45, 2.75) is 63.6 Å². The molecule has 1 saturated carbocycles. The van der Waals surface area contributed by atoms with Gasteiger partial charge in [0.25, 0.3) is 0 Å². The van der Waals surface area contributed by atoms with Gasteiger partial charge < -0.3 is 20.1 Å². The van der Waals surface area contributed by atoms with Crippen molar-refractivity contribution in [3.05, 3.63) is 17.5 Å². The first-order valence-corrected chi connectivity index (χ1v) is 9.41. The van der Waals surface area contributed by atoms with Crippen LogP contribution in [0, 0.1) is 0 Å². The van der Waals surface area contributed by atoms with Crippen molar-refractivity contribution in [1.29, 1.82) is 0 Å². The van der Waals surface area contributed by atoms with Crippen LogP contribution in [0.15, 0.2) is 6.07 Å². The highest BCUT2D eigenvalue weighted by molar-refractivity contribution is 5.66. The predicted octanol–water partition coefficient (Wildman–Crippen LogP) is 2.34. The number of aryl methyl sites for hydroxylation is 1. The molecule has 7 nitrogen and oxygen atoms in total. The fourth-order valence-corrected chi connectivity index (χ4v) is 3.32. The van der Waals surface area contributed by atoms with Crippen LogP contribution in [0.1, 0.15) is 62.5 Å². The van der Waals surface area contributed by atoms with Crippen LogP contribution >= 0.6 is 0 Å². The molecule has 2 N–H and O–H groups in total. The molecule has 25 heavy (non-hydrogen) atoms. The fraction of sp³-hybridized carbons (Fsp3) is 0.778. The van der Waals surface area contributed by atoms with Crippen LogP contribution in [0.4, 0.5) is 4.79 Å². The van der Waals surface area contributed by atoms with Crippen molar-refractivity contribution < 1.29 is 14.3 Å². The number of methoxy groups -OCH3 is 1. The molecule has 3 rings (SSSR count). The number of carbonyl (C=O) groups excluding carboxylic acids is 1. The molecule has 2 aliphatic rings. The predicted molar refractivity (Wildman–Crippen MR) is 94.6 cm³/mol. The van der Waals surface area contributed by atoms with Gasteiger partial charge in [-0.15, -0.1) is 0 Å². The zero-order chi connectivity index (χ0) is 17.6. The fourth-order valence-electron chi connectivity index (χ4n) is 3.32. The summed E-state index contributed by atoms with van der Waals surface area (Å²) in [5.41, 5.74) is 2.37. The Morgan fingerprint density at radius 1 is 1.40 bits per heavy atom. The lowest BCUT2D eigenvalue weighted by atomic mass is 10.1. The third-order valence-electron chi connectivity index (χ3n) is 4.94. The summed E-state index contributed by atoms with van der Waals surface area (Å²) >= 11 is 0. The van der Waals surface area contributed by atoms with E-state index >= 15 is 0 Å². The average molecular weight is 350 g/mol. The van der Waals surface area contributed by atoms with Gasteiger partial charge in [-0.25, -0.2) is 4.79 Å². The molecule has 0 spiro atoms. The highest BCUT2D eigenvalue weighted by Gasteiger charge is 2.26. The Morgan fingerprint density at radius 2 is 2.16 bits per heavy atom. The highest BCUT2D eigenvalue weighted by Crippen LogP contribution is 2.27. The van der Waals surface area contributed by atoms with Crippen LogP contribution in [0.3, 0.4) is 0 Å². The van der Waals surface area contributed by atoms with E-state index in [9.17, 15) is 4.79 Å². The molecule has 1 aromatic rings. The maximum Gasteiger partial charge on any atom is 0.406 e. The molecule has 140 valence electrons. The monoisotopic (exact) mass is 350 g/mol. The molecule has 0 unspecified atom stereocenters. The van der Waals surface area contributed by atoms with E-state index in [0.717, 1.165) is 44.6 Å². The summed E-state index contributed by atoms with van der Waals surface area (Å²) in [6.45, 7) is 4.41. The third kappa shape index (κ3) is 5.19. The van der Waals surface area contributed by atoms with Crippen molar-refractivity contribution in [1.82, 2.24) is 20.4 Å². The number of nitrogens with one attached hydrogen (secondary N) is 2. The van der Waals surface area contributed by atoms with Gasteiger partial charge in [0.1, 0.15) is 0 Å². The zero-order valence-electron chi connectivity index (χ0n) is 15.3. The Kier molecular flexibility index (Phi) is 6.31. The summed E-state index contributed by atoms with van der Waals surface area (Å²) in [4.78, 5) is 11.2. The van der Waals surface area contributed by atoms with Crippen molar-refractivity contribution >= 4 is 6.09 Å². The molecule has 1 aromatic heterocycles. The second kappa shape index (κ2) is 8.67. The van der Waals surface area contributed by atoms with Gasteiger partial charge in [0, 0.05) is 37.5 Å². The van der Waals surface area contributed by atoms with Crippen molar-refractivity contribution in [3.8, 4) is 0 Å². The second-order valence-electron chi connectivity index (χ2n) is 7.03. The van der Waals surface area contributed by atoms with Crippen molar-refractivity contribution in [2.24, 2.45) is 0 Å². The van der Waals surface area contributed by atoms with E-state index in [4.69, 9.17) is 9.84 Å². The summed E-state index contributed by atoms with van der Waals surface area (Å²) in [5.74, 6) is 0. The summed E-state index contributed by atoms with van der Waals surface area (Å²) in [6, 6.07) is 3.59. The standard InChI is InChI=1S/C18H30N4O3/c1-13(20-14-5-6-14)17-12-16(4-3-9-19-18(23)24-2)22(21-17)15-7-10-25-11-8-15/h12-15,20H,3-11H2,1-2H3,(H,19,23)/t13-/m1/s1. The van der Waals surface area contributed by atoms with Gasteiger partial charge in [-0.2, -0.15) is 5.10 Å². The van der Waals surface area contributed by atoms with Crippen LogP contribution in [0.2, 0.25) is 0 Å². The number of nitrogens with zero attached hydrogens (tertiary/aromatic N) is 2. The molecule has 0 bridgehead atoms. The SMILES string of the molecule is COC(=O)NCCCc1cc([C@@H](C)NC2CC2)nn1C1CCOCC1. The normalized spacial score (nSPS) is 19.6. The molecule has 1 aliphatic carbocycles. The molecule has 2 fully saturated rings. The molecule has 1 atom stereocenters. The van der Waals surface area contributed by atoms with E-state index in [-0.39, 0.29) is 12.1 Å². The number of alkyl carbamates (subject to hydrolysis) is 1. The lowest BCUT2D eigenvalue weighted by molar-refractivity contribution is 0.0652. The summed E-state index contributed by atoms with van der Waals surface area (Å²) in [7, 11) is 1.39. The molecule has 0 aromatic carbocycles. The van der Waals surface area contributed by atoms with Crippen LogP contribution in [-0.2, 0) is 15.9 Å². The largest absolute Gasteiger partial charge is 0.453 e. The second-order valence-corrected chi connectivity index (χ2v) is 7.03. The Balaban J connectivity index is 1.64. The molecule has 7 heteroatoms. The number of hydrogen-bond donors (Lipinski definition) is 2. The first-order chi connectivity index (χ1) is 12.2. The third-order valence-corrected chi connectivity index (χ3v) is 4.94. The quantitative estimate of drug-likeness (QED) is 0.704. The minimum atomic E-state index is -0.374. The summed E-state index contributed by atoms with van der Waals surface area (Å²) < 4.78 is 12.3. The van der Waals surface area contributed by atoms with E-state index in [0.29, 0.717) is 18.6 Å². The molecule has 1 saturated heterocycles. The molecule has 1 amide bonds. The van der Waals surface area contributed by atoms with E-state index in [1.165, 1.54) is 25.6 Å². The molecule has 0 radical (unpaired) electrons. The van der Waals surface area contributed by atoms with Crippen LogP contribution in [0.5, 0.6) is 0 Å². The van der Waals surface area contributed by atoms with E-state index in [1.54, 1.807) is 0 Å². The van der Waals surface area contributed by atoms with Gasteiger partial charge in [0.2, 0.25) is 0 Å².